The number of alkyl halides is 1. The lowest BCUT2D eigenvalue weighted by molar-refractivity contribution is -0.155. The number of carbonyl (C=O) groups is 2. The molecule has 3 saturated heterocycles. The van der Waals surface area contributed by atoms with Gasteiger partial charge in [0, 0.05) is 51.6 Å². The Balaban J connectivity index is 1.43. The van der Waals surface area contributed by atoms with Gasteiger partial charge in [-0.25, -0.2) is 14.4 Å². The van der Waals surface area contributed by atoms with E-state index in [2.05, 4.69) is 9.97 Å². The Hall–Kier alpha value is -2.09. The summed E-state index contributed by atoms with van der Waals surface area (Å²) in [5.41, 5.74) is 0.252. The van der Waals surface area contributed by atoms with Crippen LogP contribution in [0, 0.1) is 5.41 Å². The number of aromatic nitrogens is 2. The van der Waals surface area contributed by atoms with Gasteiger partial charge < -0.3 is 14.5 Å². The molecule has 0 aromatic carbocycles. The van der Waals surface area contributed by atoms with Crippen LogP contribution in [-0.2, 0) is 20.7 Å². The average molecular weight is 390 g/mol. The molecule has 0 spiro atoms. The van der Waals surface area contributed by atoms with E-state index < -0.39 is 11.6 Å². The third-order valence-corrected chi connectivity index (χ3v) is 6.35. The number of fused-ring (bicyclic) bond motifs is 1. The highest BCUT2D eigenvalue weighted by Gasteiger charge is 2.55. The second-order valence-corrected chi connectivity index (χ2v) is 8.08. The van der Waals surface area contributed by atoms with E-state index >= 15 is 0 Å². The highest BCUT2D eigenvalue weighted by molar-refractivity contribution is 5.86. The van der Waals surface area contributed by atoms with Gasteiger partial charge in [-0.15, -0.1) is 0 Å². The summed E-state index contributed by atoms with van der Waals surface area (Å²) >= 11 is 0. The highest BCUT2D eigenvalue weighted by Crippen LogP contribution is 2.43. The molecule has 8 heteroatoms. The molecule has 2 amide bonds. The first-order chi connectivity index (χ1) is 13.6. The maximum atomic E-state index is 13.5. The number of halogens is 1. The molecule has 0 bridgehead atoms. The first kappa shape index (κ1) is 19.2. The molecule has 0 N–H and O–H groups in total. The summed E-state index contributed by atoms with van der Waals surface area (Å²) in [7, 11) is 0. The van der Waals surface area contributed by atoms with E-state index in [9.17, 15) is 14.0 Å². The van der Waals surface area contributed by atoms with Crippen molar-refractivity contribution in [2.75, 3.05) is 32.8 Å². The summed E-state index contributed by atoms with van der Waals surface area (Å²) in [5, 5.41) is 0. The third-order valence-electron chi connectivity index (χ3n) is 6.35. The van der Waals surface area contributed by atoms with E-state index in [1.54, 1.807) is 17.3 Å². The summed E-state index contributed by atoms with van der Waals surface area (Å²) in [6.45, 7) is 2.46. The molecule has 0 aliphatic carbocycles. The van der Waals surface area contributed by atoms with Crippen LogP contribution in [-0.4, -0.2) is 76.6 Å². The summed E-state index contributed by atoms with van der Waals surface area (Å²) in [6.07, 6.45) is 7.00. The van der Waals surface area contributed by atoms with Crippen molar-refractivity contribution < 1.29 is 18.7 Å². The van der Waals surface area contributed by atoms with E-state index in [1.807, 2.05) is 4.90 Å². The molecule has 1 aromatic rings. The van der Waals surface area contributed by atoms with Crippen molar-refractivity contribution in [3.05, 3.63) is 24.3 Å². The van der Waals surface area contributed by atoms with Gasteiger partial charge in [-0.3, -0.25) is 9.59 Å². The summed E-state index contributed by atoms with van der Waals surface area (Å²) in [5.74, 6) is 0.0831. The summed E-state index contributed by atoms with van der Waals surface area (Å²) < 4.78 is 19.4. The zero-order valence-corrected chi connectivity index (χ0v) is 16.1. The zero-order chi connectivity index (χ0) is 19.6. The molecule has 0 saturated carbocycles. The topological polar surface area (TPSA) is 75.6 Å². The lowest BCUT2D eigenvalue weighted by atomic mass is 9.75. The van der Waals surface area contributed by atoms with Gasteiger partial charge in [0.1, 0.15) is 12.5 Å². The second kappa shape index (κ2) is 8.11. The number of amides is 2. The van der Waals surface area contributed by atoms with E-state index in [4.69, 9.17) is 4.74 Å². The lowest BCUT2D eigenvalue weighted by Crippen LogP contribution is -2.59. The van der Waals surface area contributed by atoms with Gasteiger partial charge in [0.2, 0.25) is 11.8 Å². The number of hydrogen-bond donors (Lipinski definition) is 0. The number of carbonyl (C=O) groups excluding carboxylic acids is 2. The molecule has 28 heavy (non-hydrogen) atoms. The molecule has 4 heterocycles. The predicted molar refractivity (Wildman–Crippen MR) is 99.1 cm³/mol. The Morgan fingerprint density at radius 2 is 1.86 bits per heavy atom. The molecule has 0 radical (unpaired) electrons. The van der Waals surface area contributed by atoms with Crippen molar-refractivity contribution in [3.8, 4) is 0 Å². The predicted octanol–water partition coefficient (Wildman–Crippen LogP) is 1.38. The van der Waals surface area contributed by atoms with Crippen LogP contribution in [0.3, 0.4) is 0 Å². The van der Waals surface area contributed by atoms with Gasteiger partial charge in [-0.05, 0) is 37.7 Å². The van der Waals surface area contributed by atoms with Gasteiger partial charge in [-0.2, -0.15) is 0 Å². The molecule has 7 nitrogen and oxygen atoms in total. The standard InChI is InChI=1S/C20H27FN4O3/c21-16-3-7-24(8-4-16)19(27)20-6-10-28-17(20)5-9-25(13-20)18(26)2-1-15-11-22-14-23-12-15/h11-12,14,16-17H,1-10,13H2/t17-,20-/m1/s1. The van der Waals surface area contributed by atoms with Crippen LogP contribution in [0.1, 0.15) is 37.7 Å². The molecule has 3 aliphatic rings. The number of ether oxygens (including phenoxy) is 1. The Kier molecular flexibility index (Phi) is 5.57. The first-order valence-corrected chi connectivity index (χ1v) is 10.2. The van der Waals surface area contributed by atoms with Crippen molar-refractivity contribution in [2.45, 2.75) is 50.8 Å². The van der Waals surface area contributed by atoms with E-state index in [1.165, 1.54) is 6.33 Å². The number of rotatable bonds is 4. The zero-order valence-electron chi connectivity index (χ0n) is 16.1. The van der Waals surface area contributed by atoms with E-state index in [0.29, 0.717) is 71.3 Å². The number of aryl methyl sites for hydroxylation is 1. The fourth-order valence-corrected chi connectivity index (χ4v) is 4.70. The minimum atomic E-state index is -0.816. The number of nitrogens with zero attached hydrogens (tertiary/aromatic N) is 4. The maximum Gasteiger partial charge on any atom is 0.233 e. The molecule has 3 fully saturated rings. The van der Waals surface area contributed by atoms with Gasteiger partial charge in [-0.1, -0.05) is 0 Å². The fraction of sp³-hybridized carbons (Fsp3) is 0.700. The van der Waals surface area contributed by atoms with Gasteiger partial charge in [0.25, 0.3) is 0 Å². The molecular weight excluding hydrogens is 363 g/mol. The normalized spacial score (nSPS) is 28.2. The van der Waals surface area contributed by atoms with Crippen molar-refractivity contribution >= 4 is 11.8 Å². The molecule has 3 aliphatic heterocycles. The molecule has 1 aromatic heterocycles. The summed E-state index contributed by atoms with van der Waals surface area (Å²) in [6, 6.07) is 0. The molecule has 2 atom stereocenters. The van der Waals surface area contributed by atoms with Crippen molar-refractivity contribution in [1.82, 2.24) is 19.8 Å². The van der Waals surface area contributed by atoms with Crippen LogP contribution in [0.4, 0.5) is 4.39 Å². The monoisotopic (exact) mass is 390 g/mol. The smallest absolute Gasteiger partial charge is 0.233 e. The third kappa shape index (κ3) is 3.74. The van der Waals surface area contributed by atoms with Crippen LogP contribution in [0.2, 0.25) is 0 Å². The van der Waals surface area contributed by atoms with Gasteiger partial charge >= 0.3 is 0 Å². The largest absolute Gasteiger partial charge is 0.377 e. The Labute approximate surface area is 164 Å². The Bertz CT molecular complexity index is 711. The van der Waals surface area contributed by atoms with E-state index in [-0.39, 0.29) is 17.9 Å². The Morgan fingerprint density at radius 1 is 1.14 bits per heavy atom. The van der Waals surface area contributed by atoms with Gasteiger partial charge in [0.05, 0.1) is 11.5 Å². The average Bonchev–Trinajstić information content (AvgIpc) is 3.17. The van der Waals surface area contributed by atoms with Crippen LogP contribution >= 0.6 is 0 Å². The fourth-order valence-electron chi connectivity index (χ4n) is 4.70. The van der Waals surface area contributed by atoms with Crippen LogP contribution < -0.4 is 0 Å². The van der Waals surface area contributed by atoms with Crippen LogP contribution in [0.5, 0.6) is 0 Å². The SMILES string of the molecule is O=C(CCc1cncnc1)N1CC[C@H]2OCC[C@@]2(C(=O)N2CCC(F)CC2)C1. The Morgan fingerprint density at radius 3 is 2.61 bits per heavy atom. The lowest BCUT2D eigenvalue weighted by Gasteiger charge is -2.45. The number of piperidine rings is 2. The second-order valence-electron chi connectivity index (χ2n) is 8.08. The first-order valence-electron chi connectivity index (χ1n) is 10.2. The van der Waals surface area contributed by atoms with Gasteiger partial charge in [0.15, 0.2) is 0 Å². The van der Waals surface area contributed by atoms with E-state index in [0.717, 1.165) is 5.56 Å². The molecule has 4 rings (SSSR count). The maximum absolute atomic E-state index is 13.5. The molecule has 0 unspecified atom stereocenters. The molecule has 152 valence electrons. The van der Waals surface area contributed by atoms with Crippen molar-refractivity contribution in [2.24, 2.45) is 5.41 Å². The minimum Gasteiger partial charge on any atom is -0.377 e. The van der Waals surface area contributed by atoms with Crippen molar-refractivity contribution in [3.63, 3.8) is 0 Å². The van der Waals surface area contributed by atoms with Crippen molar-refractivity contribution in [1.29, 1.82) is 0 Å². The number of hydrogen-bond acceptors (Lipinski definition) is 5. The molecular formula is C20H27FN4O3. The highest BCUT2D eigenvalue weighted by atomic mass is 19.1. The van der Waals surface area contributed by atoms with Crippen LogP contribution in [0.15, 0.2) is 18.7 Å². The number of likely N-dealkylation sites (tertiary alicyclic amines) is 2. The summed E-state index contributed by atoms with van der Waals surface area (Å²) in [4.78, 5) is 37.8. The van der Waals surface area contributed by atoms with Crippen LogP contribution in [0.25, 0.3) is 0 Å². The quantitative estimate of drug-likeness (QED) is 0.776. The minimum absolute atomic E-state index is 0.0378.